The van der Waals surface area contributed by atoms with Gasteiger partial charge in [0, 0.05) is 30.9 Å². The predicted octanol–water partition coefficient (Wildman–Crippen LogP) is 3.51. The van der Waals surface area contributed by atoms with Crippen molar-refractivity contribution in [3.8, 4) is 0 Å². The van der Waals surface area contributed by atoms with Crippen LogP contribution in [-0.2, 0) is 0 Å². The molecule has 2 atom stereocenters. The summed E-state index contributed by atoms with van der Waals surface area (Å²) in [5.74, 6) is 0. The molecular weight excluding hydrogens is 266 g/mol. The fraction of sp³-hybridized carbons (Fsp3) is 0.562. The Kier molecular flexibility index (Phi) is 3.46. The molecule has 1 saturated heterocycles. The average Bonchev–Trinajstić information content (AvgIpc) is 2.85. The highest BCUT2D eigenvalue weighted by molar-refractivity contribution is 7.16. The molecule has 20 heavy (non-hydrogen) atoms. The lowest BCUT2D eigenvalue weighted by Gasteiger charge is -2.45. The van der Waals surface area contributed by atoms with Crippen molar-refractivity contribution in [2.24, 2.45) is 5.41 Å². The molecule has 1 N–H and O–H groups in total. The number of anilines is 1. The third-order valence-electron chi connectivity index (χ3n) is 4.26. The Morgan fingerprint density at radius 3 is 2.90 bits per heavy atom. The van der Waals surface area contributed by atoms with Crippen molar-refractivity contribution in [2.45, 2.75) is 39.8 Å². The van der Waals surface area contributed by atoms with Gasteiger partial charge in [0.25, 0.3) is 0 Å². The minimum Gasteiger partial charge on any atom is -0.366 e. The van der Waals surface area contributed by atoms with Crippen LogP contribution < -0.4 is 10.2 Å². The van der Waals surface area contributed by atoms with Crippen LogP contribution in [0.1, 0.15) is 27.7 Å². The molecule has 0 spiro atoms. The van der Waals surface area contributed by atoms with Crippen molar-refractivity contribution in [1.82, 2.24) is 10.3 Å². The van der Waals surface area contributed by atoms with E-state index in [4.69, 9.17) is 0 Å². The molecule has 4 heteroatoms. The van der Waals surface area contributed by atoms with Gasteiger partial charge in [-0.2, -0.15) is 0 Å². The first-order valence-corrected chi connectivity index (χ1v) is 8.16. The van der Waals surface area contributed by atoms with Gasteiger partial charge in [-0.25, -0.2) is 4.98 Å². The van der Waals surface area contributed by atoms with Gasteiger partial charge in [-0.1, -0.05) is 20.8 Å². The van der Waals surface area contributed by atoms with Crippen LogP contribution in [0, 0.1) is 5.41 Å². The standard InChI is InChI=1S/C16H23N3S/c1-11-8-17-15(16(2,3)4)9-19(11)12-5-6-13-14(7-12)20-10-18-13/h5-7,10-11,15,17H,8-9H2,1-4H3. The smallest absolute Gasteiger partial charge is 0.0813 e. The first-order chi connectivity index (χ1) is 9.45. The maximum atomic E-state index is 4.37. The molecule has 2 aromatic rings. The van der Waals surface area contributed by atoms with E-state index in [0.717, 1.165) is 18.6 Å². The topological polar surface area (TPSA) is 28.2 Å². The Hall–Kier alpha value is -1.13. The third-order valence-corrected chi connectivity index (χ3v) is 5.05. The zero-order valence-electron chi connectivity index (χ0n) is 12.7. The largest absolute Gasteiger partial charge is 0.366 e. The van der Waals surface area contributed by atoms with Crippen LogP contribution in [0.3, 0.4) is 0 Å². The number of benzene rings is 1. The van der Waals surface area contributed by atoms with E-state index in [2.05, 4.69) is 61.1 Å². The Morgan fingerprint density at radius 2 is 2.15 bits per heavy atom. The molecule has 0 aliphatic carbocycles. The lowest BCUT2D eigenvalue weighted by atomic mass is 9.84. The minimum atomic E-state index is 0.285. The molecule has 0 amide bonds. The Balaban J connectivity index is 1.90. The van der Waals surface area contributed by atoms with Gasteiger partial charge in [0.15, 0.2) is 0 Å². The molecule has 3 rings (SSSR count). The summed E-state index contributed by atoms with van der Waals surface area (Å²) in [6.07, 6.45) is 0. The molecule has 1 aromatic carbocycles. The summed E-state index contributed by atoms with van der Waals surface area (Å²) in [4.78, 5) is 6.90. The van der Waals surface area contributed by atoms with Gasteiger partial charge >= 0.3 is 0 Å². The number of fused-ring (bicyclic) bond motifs is 1. The van der Waals surface area contributed by atoms with E-state index in [1.165, 1.54) is 10.4 Å². The summed E-state index contributed by atoms with van der Waals surface area (Å²) in [6, 6.07) is 7.69. The quantitative estimate of drug-likeness (QED) is 0.871. The first-order valence-electron chi connectivity index (χ1n) is 7.28. The van der Waals surface area contributed by atoms with Crippen molar-refractivity contribution in [2.75, 3.05) is 18.0 Å². The molecule has 0 bridgehead atoms. The monoisotopic (exact) mass is 289 g/mol. The van der Waals surface area contributed by atoms with Crippen molar-refractivity contribution >= 4 is 27.2 Å². The van der Waals surface area contributed by atoms with E-state index in [1.807, 2.05) is 5.51 Å². The van der Waals surface area contributed by atoms with Crippen LogP contribution in [0.5, 0.6) is 0 Å². The van der Waals surface area contributed by atoms with Crippen LogP contribution in [0.25, 0.3) is 10.2 Å². The molecule has 3 nitrogen and oxygen atoms in total. The SMILES string of the molecule is CC1CNC(C(C)(C)C)CN1c1ccc2ncsc2c1. The zero-order chi connectivity index (χ0) is 14.3. The van der Waals surface area contributed by atoms with Crippen molar-refractivity contribution in [3.63, 3.8) is 0 Å². The molecule has 1 fully saturated rings. The summed E-state index contributed by atoms with van der Waals surface area (Å²) >= 11 is 1.72. The number of nitrogens with zero attached hydrogens (tertiary/aromatic N) is 2. The maximum absolute atomic E-state index is 4.37. The summed E-state index contributed by atoms with van der Waals surface area (Å²) < 4.78 is 1.28. The first kappa shape index (κ1) is 13.8. The van der Waals surface area contributed by atoms with E-state index in [1.54, 1.807) is 11.3 Å². The molecule has 0 radical (unpaired) electrons. The van der Waals surface area contributed by atoms with E-state index in [9.17, 15) is 0 Å². The number of hydrogen-bond donors (Lipinski definition) is 1. The summed E-state index contributed by atoms with van der Waals surface area (Å²) in [5.41, 5.74) is 4.64. The fourth-order valence-corrected chi connectivity index (χ4v) is 3.54. The summed E-state index contributed by atoms with van der Waals surface area (Å²) in [5, 5.41) is 3.69. The van der Waals surface area contributed by atoms with Gasteiger partial charge in [0.1, 0.15) is 0 Å². The normalized spacial score (nSPS) is 24.3. The third kappa shape index (κ3) is 2.54. The van der Waals surface area contributed by atoms with E-state index in [-0.39, 0.29) is 5.41 Å². The maximum Gasteiger partial charge on any atom is 0.0813 e. The molecule has 108 valence electrons. The Bertz CT molecular complexity index is 599. The fourth-order valence-electron chi connectivity index (χ4n) is 2.83. The Morgan fingerprint density at radius 1 is 1.35 bits per heavy atom. The molecule has 2 unspecified atom stereocenters. The van der Waals surface area contributed by atoms with Crippen molar-refractivity contribution < 1.29 is 0 Å². The minimum absolute atomic E-state index is 0.285. The van der Waals surface area contributed by atoms with Gasteiger partial charge < -0.3 is 10.2 Å². The van der Waals surface area contributed by atoms with E-state index >= 15 is 0 Å². The van der Waals surface area contributed by atoms with Crippen LogP contribution in [0.4, 0.5) is 5.69 Å². The molecular formula is C16H23N3S. The lowest BCUT2D eigenvalue weighted by Crippen LogP contribution is -2.59. The molecule has 1 aliphatic rings. The van der Waals surface area contributed by atoms with Crippen LogP contribution >= 0.6 is 11.3 Å². The highest BCUT2D eigenvalue weighted by Gasteiger charge is 2.32. The van der Waals surface area contributed by atoms with Gasteiger partial charge in [-0.05, 0) is 30.5 Å². The van der Waals surface area contributed by atoms with Crippen LogP contribution in [-0.4, -0.2) is 30.2 Å². The van der Waals surface area contributed by atoms with Crippen molar-refractivity contribution in [3.05, 3.63) is 23.7 Å². The van der Waals surface area contributed by atoms with Crippen LogP contribution in [0.15, 0.2) is 23.7 Å². The summed E-state index contributed by atoms with van der Waals surface area (Å²) in [7, 11) is 0. The second kappa shape index (κ2) is 5.01. The van der Waals surface area contributed by atoms with Gasteiger partial charge in [-0.15, -0.1) is 11.3 Å². The highest BCUT2D eigenvalue weighted by Crippen LogP contribution is 2.30. The van der Waals surface area contributed by atoms with Gasteiger partial charge in [0.2, 0.25) is 0 Å². The number of rotatable bonds is 1. The van der Waals surface area contributed by atoms with E-state index < -0.39 is 0 Å². The molecule has 2 heterocycles. The summed E-state index contributed by atoms with van der Waals surface area (Å²) in [6.45, 7) is 11.3. The van der Waals surface area contributed by atoms with Gasteiger partial charge in [-0.3, -0.25) is 0 Å². The lowest BCUT2D eigenvalue weighted by molar-refractivity contribution is 0.239. The van der Waals surface area contributed by atoms with Crippen molar-refractivity contribution in [1.29, 1.82) is 0 Å². The molecule has 1 aliphatic heterocycles. The zero-order valence-corrected chi connectivity index (χ0v) is 13.5. The Labute approximate surface area is 125 Å². The highest BCUT2D eigenvalue weighted by atomic mass is 32.1. The number of nitrogens with one attached hydrogen (secondary N) is 1. The molecule has 0 saturated carbocycles. The van der Waals surface area contributed by atoms with Crippen LogP contribution in [0.2, 0.25) is 0 Å². The van der Waals surface area contributed by atoms with Gasteiger partial charge in [0.05, 0.1) is 15.7 Å². The average molecular weight is 289 g/mol. The second-order valence-electron chi connectivity index (χ2n) is 6.83. The molecule has 1 aromatic heterocycles. The number of aromatic nitrogens is 1. The number of hydrogen-bond acceptors (Lipinski definition) is 4. The number of piperazine rings is 1. The van der Waals surface area contributed by atoms with E-state index in [0.29, 0.717) is 12.1 Å². The second-order valence-corrected chi connectivity index (χ2v) is 7.72. The predicted molar refractivity (Wildman–Crippen MR) is 87.7 cm³/mol. The number of thiazole rings is 1.